The van der Waals surface area contributed by atoms with E-state index in [0.717, 1.165) is 5.56 Å². The van der Waals surface area contributed by atoms with Gasteiger partial charge >= 0.3 is 11.9 Å². The van der Waals surface area contributed by atoms with E-state index in [-0.39, 0.29) is 13.2 Å². The van der Waals surface area contributed by atoms with Crippen LogP contribution >= 0.6 is 0 Å². The van der Waals surface area contributed by atoms with Gasteiger partial charge in [-0.1, -0.05) is 30.3 Å². The molecule has 2 atom stereocenters. The van der Waals surface area contributed by atoms with Gasteiger partial charge in [0.25, 0.3) is 5.91 Å². The summed E-state index contributed by atoms with van der Waals surface area (Å²) in [7, 11) is 0. The van der Waals surface area contributed by atoms with E-state index in [4.69, 9.17) is 4.74 Å². The van der Waals surface area contributed by atoms with Gasteiger partial charge in [-0.15, -0.1) is 0 Å². The number of amides is 1. The Morgan fingerprint density at radius 2 is 1.96 bits per heavy atom. The van der Waals surface area contributed by atoms with Gasteiger partial charge in [0.05, 0.1) is 24.0 Å². The van der Waals surface area contributed by atoms with E-state index in [1.54, 1.807) is 13.8 Å². The Balaban J connectivity index is 1.87. The molecule has 1 amide bonds. The number of nitrogens with zero attached hydrogens (tertiary/aromatic N) is 1. The van der Waals surface area contributed by atoms with E-state index in [1.165, 1.54) is 4.90 Å². The summed E-state index contributed by atoms with van der Waals surface area (Å²) in [5.41, 5.74) is -0.413. The average Bonchev–Trinajstić information content (AvgIpc) is 3.33. The van der Waals surface area contributed by atoms with Crippen LogP contribution in [0.15, 0.2) is 30.3 Å². The minimum atomic E-state index is -3.54. The quantitative estimate of drug-likeness (QED) is 0.775. The second-order valence-corrected chi connectivity index (χ2v) is 6.60. The Kier molecular flexibility index (Phi) is 4.10. The summed E-state index contributed by atoms with van der Waals surface area (Å²) in [5.74, 6) is -6.65. The number of alkyl halides is 2. The molecule has 0 bridgehead atoms. The second kappa shape index (κ2) is 5.83. The molecule has 1 aliphatic heterocycles. The van der Waals surface area contributed by atoms with E-state index in [0.29, 0.717) is 12.8 Å². The molecule has 1 saturated carbocycles. The summed E-state index contributed by atoms with van der Waals surface area (Å²) in [4.78, 5) is 25.7. The van der Waals surface area contributed by atoms with Crippen LogP contribution in [0.1, 0.15) is 38.3 Å². The maximum absolute atomic E-state index is 14.7. The lowest BCUT2D eigenvalue weighted by molar-refractivity contribution is -0.164. The molecule has 0 aromatic heterocycles. The zero-order valence-corrected chi connectivity index (χ0v) is 13.8. The number of rotatable bonds is 5. The fourth-order valence-electron chi connectivity index (χ4n) is 3.61. The van der Waals surface area contributed by atoms with Gasteiger partial charge in [0, 0.05) is 6.54 Å². The van der Waals surface area contributed by atoms with Gasteiger partial charge in [-0.2, -0.15) is 8.78 Å². The number of benzene rings is 1. The molecule has 1 aromatic carbocycles. The van der Waals surface area contributed by atoms with E-state index in [9.17, 15) is 18.4 Å². The van der Waals surface area contributed by atoms with Gasteiger partial charge < -0.3 is 9.64 Å². The van der Waals surface area contributed by atoms with Crippen LogP contribution in [-0.4, -0.2) is 35.9 Å². The van der Waals surface area contributed by atoms with Crippen LogP contribution in [0.2, 0.25) is 0 Å². The van der Waals surface area contributed by atoms with Crippen LogP contribution < -0.4 is 0 Å². The maximum atomic E-state index is 14.7. The summed E-state index contributed by atoms with van der Waals surface area (Å²) in [6.45, 7) is 3.41. The molecule has 4 nitrogen and oxygen atoms in total. The molecule has 1 aliphatic carbocycles. The number of carbonyl (C=O) groups is 2. The summed E-state index contributed by atoms with van der Waals surface area (Å²) < 4.78 is 34.3. The van der Waals surface area contributed by atoms with Crippen LogP contribution in [0.25, 0.3) is 0 Å². The van der Waals surface area contributed by atoms with Crippen LogP contribution in [0.5, 0.6) is 0 Å². The van der Waals surface area contributed by atoms with Gasteiger partial charge in [0.2, 0.25) is 0 Å². The summed E-state index contributed by atoms with van der Waals surface area (Å²) in [6.07, 6.45) is 0.708. The largest absolute Gasteiger partial charge is 0.466 e. The number of esters is 1. The van der Waals surface area contributed by atoms with Crippen LogP contribution in [0.3, 0.4) is 0 Å². The first-order chi connectivity index (χ1) is 11.3. The molecule has 3 rings (SSSR count). The van der Waals surface area contributed by atoms with E-state index in [1.807, 2.05) is 30.3 Å². The molecule has 0 N–H and O–H groups in total. The van der Waals surface area contributed by atoms with Crippen molar-refractivity contribution in [3.63, 3.8) is 0 Å². The lowest BCUT2D eigenvalue weighted by Gasteiger charge is -2.26. The van der Waals surface area contributed by atoms with Crippen molar-refractivity contribution in [1.29, 1.82) is 0 Å². The molecular weight excluding hydrogens is 316 g/mol. The van der Waals surface area contributed by atoms with Crippen molar-refractivity contribution in [2.45, 2.75) is 38.7 Å². The van der Waals surface area contributed by atoms with Crippen molar-refractivity contribution in [1.82, 2.24) is 4.90 Å². The van der Waals surface area contributed by atoms with Gasteiger partial charge in [-0.05, 0) is 32.3 Å². The van der Waals surface area contributed by atoms with E-state index < -0.39 is 35.2 Å². The van der Waals surface area contributed by atoms with Crippen LogP contribution in [-0.2, 0) is 14.3 Å². The number of likely N-dealkylation sites (tertiary alicyclic amines) is 1. The van der Waals surface area contributed by atoms with Gasteiger partial charge in [-0.3, -0.25) is 9.59 Å². The van der Waals surface area contributed by atoms with Gasteiger partial charge in [0.15, 0.2) is 0 Å². The number of carbonyl (C=O) groups excluding carboxylic acids is 2. The standard InChI is InChI=1S/C18H21F2NO3/c1-3-24-16(23)17(9-10-17)14-11-21(15(22)18(14,19)20)12(2)13-7-5-4-6-8-13/h4-8,12,14H,3,9-11H2,1-2H3/t12-,14?/m0/s1. The van der Waals surface area contributed by atoms with Crippen molar-refractivity contribution in [3.05, 3.63) is 35.9 Å². The average molecular weight is 337 g/mol. The Morgan fingerprint density at radius 3 is 2.50 bits per heavy atom. The molecule has 1 aromatic rings. The molecule has 1 heterocycles. The monoisotopic (exact) mass is 337 g/mol. The normalized spacial score (nSPS) is 25.4. The third-order valence-corrected chi connectivity index (χ3v) is 5.25. The molecule has 24 heavy (non-hydrogen) atoms. The lowest BCUT2D eigenvalue weighted by Crippen LogP contribution is -2.41. The highest BCUT2D eigenvalue weighted by molar-refractivity contribution is 5.90. The maximum Gasteiger partial charge on any atom is 0.330 e. The smallest absolute Gasteiger partial charge is 0.330 e. The highest BCUT2D eigenvalue weighted by Crippen LogP contribution is 2.60. The molecule has 2 fully saturated rings. The predicted octanol–water partition coefficient (Wildman–Crippen LogP) is 3.18. The fourth-order valence-corrected chi connectivity index (χ4v) is 3.61. The first kappa shape index (κ1) is 16.9. The Morgan fingerprint density at radius 1 is 1.33 bits per heavy atom. The zero-order valence-electron chi connectivity index (χ0n) is 13.8. The van der Waals surface area contributed by atoms with Crippen molar-refractivity contribution in [2.24, 2.45) is 11.3 Å². The Labute approximate surface area is 139 Å². The third-order valence-electron chi connectivity index (χ3n) is 5.25. The number of ether oxygens (including phenoxy) is 1. The first-order valence-corrected chi connectivity index (χ1v) is 8.25. The summed E-state index contributed by atoms with van der Waals surface area (Å²) in [6, 6.07) is 8.60. The highest BCUT2D eigenvalue weighted by Gasteiger charge is 2.71. The first-order valence-electron chi connectivity index (χ1n) is 8.25. The molecule has 2 aliphatic rings. The van der Waals surface area contributed by atoms with Crippen LogP contribution in [0.4, 0.5) is 8.78 Å². The van der Waals surface area contributed by atoms with Crippen molar-refractivity contribution < 1.29 is 23.1 Å². The third kappa shape index (κ3) is 2.48. The molecule has 0 radical (unpaired) electrons. The summed E-state index contributed by atoms with van der Waals surface area (Å²) in [5, 5.41) is 0. The molecule has 6 heteroatoms. The predicted molar refractivity (Wildman–Crippen MR) is 83.3 cm³/mol. The van der Waals surface area contributed by atoms with E-state index in [2.05, 4.69) is 0 Å². The summed E-state index contributed by atoms with van der Waals surface area (Å²) >= 11 is 0. The van der Waals surface area contributed by atoms with Gasteiger partial charge in [-0.25, -0.2) is 0 Å². The topological polar surface area (TPSA) is 46.6 Å². The van der Waals surface area contributed by atoms with Crippen molar-refractivity contribution >= 4 is 11.9 Å². The van der Waals surface area contributed by atoms with Crippen LogP contribution in [0, 0.1) is 11.3 Å². The Bertz CT molecular complexity index is 643. The zero-order chi connectivity index (χ0) is 17.5. The number of hydrogen-bond donors (Lipinski definition) is 0. The lowest BCUT2D eigenvalue weighted by atomic mass is 9.85. The molecule has 1 saturated heterocycles. The Hall–Kier alpha value is -1.98. The minimum absolute atomic E-state index is 0.124. The van der Waals surface area contributed by atoms with Crippen molar-refractivity contribution in [3.8, 4) is 0 Å². The molecular formula is C18H21F2NO3. The molecule has 1 unspecified atom stereocenters. The minimum Gasteiger partial charge on any atom is -0.466 e. The number of halogens is 2. The second-order valence-electron chi connectivity index (χ2n) is 6.60. The molecule has 0 spiro atoms. The van der Waals surface area contributed by atoms with Gasteiger partial charge in [0.1, 0.15) is 0 Å². The number of hydrogen-bond acceptors (Lipinski definition) is 3. The van der Waals surface area contributed by atoms with E-state index >= 15 is 0 Å². The molecule has 130 valence electrons. The SMILES string of the molecule is CCOC(=O)C1(C2CN([C@@H](C)c3ccccc3)C(=O)C2(F)F)CC1. The fraction of sp³-hybridized carbons (Fsp3) is 0.556. The highest BCUT2D eigenvalue weighted by atomic mass is 19.3. The van der Waals surface area contributed by atoms with Crippen molar-refractivity contribution in [2.75, 3.05) is 13.2 Å².